The average Bonchev–Trinajstić information content (AvgIpc) is 2.23. The highest BCUT2D eigenvalue weighted by Crippen LogP contribution is 2.04. The van der Waals surface area contributed by atoms with Gasteiger partial charge < -0.3 is 4.90 Å². The fourth-order valence-electron chi connectivity index (χ4n) is 1.64. The summed E-state index contributed by atoms with van der Waals surface area (Å²) in [7, 11) is -3.12. The van der Waals surface area contributed by atoms with E-state index < -0.39 is 10.0 Å². The van der Waals surface area contributed by atoms with Crippen molar-refractivity contribution in [2.75, 3.05) is 19.6 Å². The lowest BCUT2D eigenvalue weighted by molar-refractivity contribution is 0.293. The maximum Gasteiger partial charge on any atom is 0.214 e. The minimum absolute atomic E-state index is 0.0259. The minimum Gasteiger partial charge on any atom is -0.304 e. The molecule has 0 aromatic heterocycles. The highest BCUT2D eigenvalue weighted by Gasteiger charge is 2.18. The zero-order valence-electron chi connectivity index (χ0n) is 11.9. The Bertz CT molecular complexity index is 285. The Morgan fingerprint density at radius 2 is 1.65 bits per heavy atom. The average molecular weight is 264 g/mol. The number of hydrogen-bond donors (Lipinski definition) is 1. The van der Waals surface area contributed by atoms with E-state index in [0.29, 0.717) is 0 Å². The van der Waals surface area contributed by atoms with Gasteiger partial charge in [0.25, 0.3) is 0 Å². The molecule has 0 aromatic carbocycles. The smallest absolute Gasteiger partial charge is 0.214 e. The van der Waals surface area contributed by atoms with Gasteiger partial charge in [-0.15, -0.1) is 0 Å². The third-order valence-electron chi connectivity index (χ3n) is 2.99. The van der Waals surface area contributed by atoms with Gasteiger partial charge >= 0.3 is 0 Å². The van der Waals surface area contributed by atoms with E-state index in [9.17, 15) is 8.42 Å². The third kappa shape index (κ3) is 7.01. The molecular formula is C12H28N2O2S. The second-order valence-electron chi connectivity index (χ2n) is 4.78. The van der Waals surface area contributed by atoms with Crippen LogP contribution in [0.25, 0.3) is 0 Å². The fraction of sp³-hybridized carbons (Fsp3) is 1.00. The summed E-state index contributed by atoms with van der Waals surface area (Å²) in [6.45, 7) is 12.8. The first kappa shape index (κ1) is 16.9. The molecule has 0 aliphatic carbocycles. The van der Waals surface area contributed by atoms with Crippen LogP contribution in [0.2, 0.25) is 0 Å². The first-order valence-electron chi connectivity index (χ1n) is 6.57. The van der Waals surface area contributed by atoms with Crippen molar-refractivity contribution in [1.29, 1.82) is 0 Å². The van der Waals surface area contributed by atoms with E-state index >= 15 is 0 Å². The van der Waals surface area contributed by atoms with Crippen molar-refractivity contribution in [2.24, 2.45) is 0 Å². The van der Waals surface area contributed by atoms with Crippen LogP contribution in [0.1, 0.15) is 47.5 Å². The van der Waals surface area contributed by atoms with Crippen LogP contribution in [0.3, 0.4) is 0 Å². The summed E-state index contributed by atoms with van der Waals surface area (Å²) >= 11 is 0. The van der Waals surface area contributed by atoms with Crippen molar-refractivity contribution in [1.82, 2.24) is 9.62 Å². The molecule has 0 saturated carbocycles. The Morgan fingerprint density at radius 1 is 1.12 bits per heavy atom. The molecule has 17 heavy (non-hydrogen) atoms. The van der Waals surface area contributed by atoms with Gasteiger partial charge in [0, 0.05) is 6.04 Å². The zero-order valence-corrected chi connectivity index (χ0v) is 12.7. The van der Waals surface area contributed by atoms with Crippen LogP contribution < -0.4 is 4.72 Å². The van der Waals surface area contributed by atoms with Crippen molar-refractivity contribution >= 4 is 10.0 Å². The Balaban J connectivity index is 3.92. The Labute approximate surface area is 107 Å². The van der Waals surface area contributed by atoms with Crippen molar-refractivity contribution in [3.63, 3.8) is 0 Å². The minimum atomic E-state index is -3.12. The van der Waals surface area contributed by atoms with Crippen LogP contribution in [0.4, 0.5) is 0 Å². The van der Waals surface area contributed by atoms with Crippen LogP contribution in [-0.2, 0) is 10.0 Å². The fourth-order valence-corrected chi connectivity index (χ4v) is 2.59. The molecule has 0 heterocycles. The van der Waals surface area contributed by atoms with Gasteiger partial charge in [-0.1, -0.05) is 13.8 Å². The van der Waals surface area contributed by atoms with Gasteiger partial charge in [-0.05, 0) is 53.2 Å². The molecule has 0 rings (SSSR count). The summed E-state index contributed by atoms with van der Waals surface area (Å²) in [5.74, 6) is 0. The van der Waals surface area contributed by atoms with Gasteiger partial charge in [-0.2, -0.15) is 0 Å². The molecule has 1 unspecified atom stereocenters. The van der Waals surface area contributed by atoms with Crippen LogP contribution in [0.5, 0.6) is 0 Å². The summed E-state index contributed by atoms with van der Waals surface area (Å²) in [6, 6.07) is 0.0259. The second kappa shape index (κ2) is 8.06. The van der Waals surface area contributed by atoms with Crippen LogP contribution >= 0.6 is 0 Å². The summed E-state index contributed by atoms with van der Waals surface area (Å²) < 4.78 is 26.0. The van der Waals surface area contributed by atoms with E-state index in [0.717, 1.165) is 32.5 Å². The highest BCUT2D eigenvalue weighted by atomic mass is 32.2. The molecule has 4 nitrogen and oxygen atoms in total. The molecule has 0 saturated heterocycles. The van der Waals surface area contributed by atoms with Crippen molar-refractivity contribution in [3.05, 3.63) is 0 Å². The number of nitrogens with zero attached hydrogens (tertiary/aromatic N) is 1. The quantitative estimate of drug-likeness (QED) is 0.691. The van der Waals surface area contributed by atoms with E-state index in [-0.39, 0.29) is 11.3 Å². The Kier molecular flexibility index (Phi) is 8.00. The van der Waals surface area contributed by atoms with Gasteiger partial charge in [-0.25, -0.2) is 13.1 Å². The van der Waals surface area contributed by atoms with Crippen LogP contribution in [0.15, 0.2) is 0 Å². The van der Waals surface area contributed by atoms with Crippen molar-refractivity contribution < 1.29 is 8.42 Å². The summed E-state index contributed by atoms with van der Waals surface area (Å²) in [4.78, 5) is 2.35. The third-order valence-corrected chi connectivity index (χ3v) is 4.96. The first-order chi connectivity index (χ1) is 7.83. The van der Waals surface area contributed by atoms with E-state index in [2.05, 4.69) is 23.5 Å². The van der Waals surface area contributed by atoms with Crippen LogP contribution in [0, 0.1) is 0 Å². The number of hydrogen-bond acceptors (Lipinski definition) is 3. The topological polar surface area (TPSA) is 49.4 Å². The van der Waals surface area contributed by atoms with Gasteiger partial charge in [-0.3, -0.25) is 0 Å². The number of sulfonamides is 1. The van der Waals surface area contributed by atoms with Gasteiger partial charge in [0.1, 0.15) is 0 Å². The van der Waals surface area contributed by atoms with E-state index in [1.54, 1.807) is 13.8 Å². The molecule has 0 fully saturated rings. The van der Waals surface area contributed by atoms with E-state index in [1.807, 2.05) is 6.92 Å². The predicted molar refractivity (Wildman–Crippen MR) is 73.7 cm³/mol. The largest absolute Gasteiger partial charge is 0.304 e. The lowest BCUT2D eigenvalue weighted by Crippen LogP contribution is -2.37. The maximum atomic E-state index is 11.6. The van der Waals surface area contributed by atoms with Gasteiger partial charge in [0.15, 0.2) is 0 Å². The molecule has 0 aliphatic rings. The van der Waals surface area contributed by atoms with E-state index in [1.165, 1.54) is 0 Å². The molecule has 0 bridgehead atoms. The molecule has 1 N–H and O–H groups in total. The number of nitrogens with one attached hydrogen (secondary N) is 1. The van der Waals surface area contributed by atoms with Gasteiger partial charge in [0.2, 0.25) is 10.0 Å². The van der Waals surface area contributed by atoms with Crippen molar-refractivity contribution in [3.8, 4) is 0 Å². The lowest BCUT2D eigenvalue weighted by atomic mass is 10.2. The number of rotatable bonds is 9. The molecular weight excluding hydrogens is 236 g/mol. The SMILES string of the molecule is CCN(CC)CCCC(C)NS(=O)(=O)C(C)C. The molecule has 0 aliphatic heterocycles. The molecule has 0 aromatic rings. The summed E-state index contributed by atoms with van der Waals surface area (Å²) in [5.41, 5.74) is 0. The standard InChI is InChI=1S/C12H28N2O2S/c1-6-14(7-2)10-8-9-12(5)13-17(15,16)11(3)4/h11-13H,6-10H2,1-5H3. The van der Waals surface area contributed by atoms with Crippen molar-refractivity contribution in [2.45, 2.75) is 58.8 Å². The lowest BCUT2D eigenvalue weighted by Gasteiger charge is -2.20. The maximum absolute atomic E-state index is 11.6. The molecule has 5 heteroatoms. The molecule has 0 amide bonds. The molecule has 104 valence electrons. The van der Waals surface area contributed by atoms with Gasteiger partial charge in [0.05, 0.1) is 5.25 Å². The normalized spacial score (nSPS) is 14.5. The molecule has 1 atom stereocenters. The van der Waals surface area contributed by atoms with E-state index in [4.69, 9.17) is 0 Å². The van der Waals surface area contributed by atoms with Crippen LogP contribution in [-0.4, -0.2) is 44.2 Å². The second-order valence-corrected chi connectivity index (χ2v) is 7.05. The highest BCUT2D eigenvalue weighted by molar-refractivity contribution is 7.90. The zero-order chi connectivity index (χ0) is 13.5. The monoisotopic (exact) mass is 264 g/mol. The predicted octanol–water partition coefficient (Wildman–Crippen LogP) is 1.82. The Morgan fingerprint density at radius 3 is 2.06 bits per heavy atom. The summed E-state index contributed by atoms with van der Waals surface area (Å²) in [6.07, 6.45) is 1.92. The summed E-state index contributed by atoms with van der Waals surface area (Å²) in [5, 5.41) is -0.354. The Hall–Kier alpha value is -0.130. The molecule has 0 spiro atoms. The first-order valence-corrected chi connectivity index (χ1v) is 8.11. The molecule has 0 radical (unpaired) electrons.